The van der Waals surface area contributed by atoms with Crippen LogP contribution in [0.2, 0.25) is 0 Å². The van der Waals surface area contributed by atoms with Crippen LogP contribution >= 0.6 is 0 Å². The number of nitrogens with one attached hydrogen (secondary N) is 2. The summed E-state index contributed by atoms with van der Waals surface area (Å²) in [6, 6.07) is -0.493. The molecule has 2 aliphatic rings. The van der Waals surface area contributed by atoms with Crippen molar-refractivity contribution in [3.63, 3.8) is 0 Å². The van der Waals surface area contributed by atoms with Crippen LogP contribution in [0.15, 0.2) is 11.9 Å². The number of hydrogen-bond acceptors (Lipinski definition) is 3. The number of hydrogen-bond donors (Lipinski definition) is 2. The minimum Gasteiger partial charge on any atom is -0.389 e. The molecule has 16 heavy (non-hydrogen) atoms. The van der Waals surface area contributed by atoms with Crippen LogP contribution in [-0.2, 0) is 0 Å². The van der Waals surface area contributed by atoms with E-state index >= 15 is 0 Å². The molecule has 2 N–H and O–H groups in total. The van der Waals surface area contributed by atoms with Crippen molar-refractivity contribution in [1.29, 1.82) is 0 Å². The summed E-state index contributed by atoms with van der Waals surface area (Å²) in [7, 11) is 1.69. The van der Waals surface area contributed by atoms with Gasteiger partial charge in [0.15, 0.2) is 0 Å². The smallest absolute Gasteiger partial charge is 0.261 e. The lowest BCUT2D eigenvalue weighted by Crippen LogP contribution is -2.46. The molecule has 1 saturated carbocycles. The van der Waals surface area contributed by atoms with Crippen molar-refractivity contribution >= 4 is 0 Å². The van der Waals surface area contributed by atoms with Gasteiger partial charge in [-0.2, -0.15) is 0 Å². The maximum Gasteiger partial charge on any atom is 0.261 e. The Hall–Kier alpha value is -0.840. The standard InChI is InChI=1S/C11H19F2N3/c1-14-9-7-16(15-10(9)11(12)13)8-5-3-2-4-6-8/h7-8,10-11,14-15H,2-6H2,1H3. The Labute approximate surface area is 94.8 Å². The van der Waals surface area contributed by atoms with E-state index in [4.69, 9.17) is 0 Å². The van der Waals surface area contributed by atoms with Gasteiger partial charge in [-0.05, 0) is 12.8 Å². The molecule has 1 aliphatic carbocycles. The number of hydrazine groups is 1. The van der Waals surface area contributed by atoms with Gasteiger partial charge in [0.05, 0.1) is 5.70 Å². The minimum absolute atomic E-state index is 0.376. The van der Waals surface area contributed by atoms with E-state index in [9.17, 15) is 8.78 Å². The largest absolute Gasteiger partial charge is 0.389 e. The van der Waals surface area contributed by atoms with E-state index in [-0.39, 0.29) is 0 Å². The molecule has 0 aromatic carbocycles. The van der Waals surface area contributed by atoms with Gasteiger partial charge in [-0.1, -0.05) is 19.3 Å². The third-order valence-corrected chi connectivity index (χ3v) is 3.41. The number of halogens is 2. The van der Waals surface area contributed by atoms with Gasteiger partial charge in [-0.25, -0.2) is 14.2 Å². The zero-order valence-corrected chi connectivity index (χ0v) is 9.55. The topological polar surface area (TPSA) is 27.3 Å². The van der Waals surface area contributed by atoms with E-state index in [1.165, 1.54) is 19.3 Å². The van der Waals surface area contributed by atoms with Crippen molar-refractivity contribution in [1.82, 2.24) is 15.8 Å². The van der Waals surface area contributed by atoms with Crippen molar-refractivity contribution < 1.29 is 8.78 Å². The molecule has 1 atom stereocenters. The van der Waals surface area contributed by atoms with E-state index < -0.39 is 12.5 Å². The Morgan fingerprint density at radius 1 is 1.38 bits per heavy atom. The van der Waals surface area contributed by atoms with Gasteiger partial charge >= 0.3 is 0 Å². The van der Waals surface area contributed by atoms with Crippen LogP contribution < -0.4 is 10.7 Å². The van der Waals surface area contributed by atoms with Gasteiger partial charge < -0.3 is 10.3 Å². The second-order valence-corrected chi connectivity index (χ2v) is 4.47. The minimum atomic E-state index is -2.37. The summed E-state index contributed by atoms with van der Waals surface area (Å²) in [6.45, 7) is 0. The first-order chi connectivity index (χ1) is 7.72. The summed E-state index contributed by atoms with van der Waals surface area (Å²) in [5, 5.41) is 4.72. The number of likely N-dealkylation sites (N-methyl/N-ethyl adjacent to an activating group) is 1. The second-order valence-electron chi connectivity index (χ2n) is 4.47. The fourth-order valence-corrected chi connectivity index (χ4v) is 2.48. The van der Waals surface area contributed by atoms with Crippen molar-refractivity contribution in [2.45, 2.75) is 50.6 Å². The SMILES string of the molecule is CNC1=CN(C2CCCCC2)NC1C(F)F. The van der Waals surface area contributed by atoms with Gasteiger partial charge in [-0.15, -0.1) is 0 Å². The average molecular weight is 231 g/mol. The molecule has 0 bridgehead atoms. The Kier molecular flexibility index (Phi) is 3.63. The average Bonchev–Trinajstić information content (AvgIpc) is 2.74. The number of rotatable bonds is 3. The first kappa shape index (κ1) is 11.6. The monoisotopic (exact) mass is 231 g/mol. The lowest BCUT2D eigenvalue weighted by molar-refractivity contribution is 0.0705. The summed E-state index contributed by atoms with van der Waals surface area (Å²) in [5.41, 5.74) is 3.47. The molecule has 0 radical (unpaired) electrons. The Morgan fingerprint density at radius 2 is 2.06 bits per heavy atom. The Balaban J connectivity index is 2.00. The maximum absolute atomic E-state index is 12.7. The van der Waals surface area contributed by atoms with E-state index in [0.717, 1.165) is 12.8 Å². The van der Waals surface area contributed by atoms with Crippen molar-refractivity contribution in [3.8, 4) is 0 Å². The summed E-state index contributed by atoms with van der Waals surface area (Å²) in [4.78, 5) is 0. The molecule has 1 heterocycles. The van der Waals surface area contributed by atoms with E-state index in [1.807, 2.05) is 5.01 Å². The summed E-state index contributed by atoms with van der Waals surface area (Å²) in [6.07, 6.45) is 5.29. The van der Waals surface area contributed by atoms with Gasteiger partial charge in [0.25, 0.3) is 6.43 Å². The number of alkyl halides is 2. The first-order valence-electron chi connectivity index (χ1n) is 5.94. The second kappa shape index (κ2) is 4.99. The highest BCUT2D eigenvalue weighted by atomic mass is 19.3. The van der Waals surface area contributed by atoms with Crippen LogP contribution in [0.1, 0.15) is 32.1 Å². The van der Waals surface area contributed by atoms with E-state index in [0.29, 0.717) is 11.7 Å². The molecule has 0 saturated heterocycles. The highest BCUT2D eigenvalue weighted by Crippen LogP contribution is 2.26. The molecule has 0 aromatic rings. The highest BCUT2D eigenvalue weighted by Gasteiger charge is 2.34. The van der Waals surface area contributed by atoms with E-state index in [2.05, 4.69) is 10.7 Å². The van der Waals surface area contributed by atoms with Crippen LogP contribution in [0.5, 0.6) is 0 Å². The van der Waals surface area contributed by atoms with Crippen molar-refractivity contribution in [3.05, 3.63) is 11.9 Å². The molecule has 5 heteroatoms. The Morgan fingerprint density at radius 3 is 2.56 bits per heavy atom. The normalized spacial score (nSPS) is 27.4. The third kappa shape index (κ3) is 2.29. The zero-order chi connectivity index (χ0) is 11.5. The lowest BCUT2D eigenvalue weighted by Gasteiger charge is -2.31. The van der Waals surface area contributed by atoms with Crippen LogP contribution in [0.4, 0.5) is 8.78 Å². The molecule has 3 nitrogen and oxygen atoms in total. The molecule has 1 unspecified atom stereocenters. The third-order valence-electron chi connectivity index (χ3n) is 3.41. The Bertz CT molecular complexity index is 262. The molecule has 0 aromatic heterocycles. The summed E-state index contributed by atoms with van der Waals surface area (Å²) < 4.78 is 25.5. The predicted molar refractivity (Wildman–Crippen MR) is 58.8 cm³/mol. The van der Waals surface area contributed by atoms with Crippen molar-refractivity contribution in [2.24, 2.45) is 0 Å². The van der Waals surface area contributed by atoms with Gasteiger partial charge in [0, 0.05) is 19.3 Å². The number of nitrogens with zero attached hydrogens (tertiary/aromatic N) is 1. The van der Waals surface area contributed by atoms with Gasteiger partial charge in [-0.3, -0.25) is 0 Å². The predicted octanol–water partition coefficient (Wildman–Crippen LogP) is 1.83. The summed E-state index contributed by atoms with van der Waals surface area (Å²) >= 11 is 0. The molecule has 2 rings (SSSR count). The molecule has 1 fully saturated rings. The van der Waals surface area contributed by atoms with Crippen LogP contribution in [0, 0.1) is 0 Å². The maximum atomic E-state index is 12.7. The first-order valence-corrected chi connectivity index (χ1v) is 5.94. The molecular weight excluding hydrogens is 212 g/mol. The van der Waals surface area contributed by atoms with E-state index in [1.54, 1.807) is 13.2 Å². The summed E-state index contributed by atoms with van der Waals surface area (Å²) in [5.74, 6) is 0. The molecular formula is C11H19F2N3. The molecule has 92 valence electrons. The van der Waals surface area contributed by atoms with Gasteiger partial charge in [0.1, 0.15) is 6.04 Å². The fourth-order valence-electron chi connectivity index (χ4n) is 2.48. The van der Waals surface area contributed by atoms with Crippen LogP contribution in [-0.4, -0.2) is 30.6 Å². The molecule has 1 aliphatic heterocycles. The van der Waals surface area contributed by atoms with Gasteiger partial charge in [0.2, 0.25) is 0 Å². The zero-order valence-electron chi connectivity index (χ0n) is 9.55. The molecule has 0 spiro atoms. The fraction of sp³-hybridized carbons (Fsp3) is 0.818. The van der Waals surface area contributed by atoms with Crippen molar-refractivity contribution in [2.75, 3.05) is 7.05 Å². The van der Waals surface area contributed by atoms with Crippen LogP contribution in [0.3, 0.4) is 0 Å². The molecule has 0 amide bonds. The quantitative estimate of drug-likeness (QED) is 0.776. The lowest BCUT2D eigenvalue weighted by atomic mass is 9.95. The van der Waals surface area contributed by atoms with Crippen LogP contribution in [0.25, 0.3) is 0 Å². The highest BCUT2D eigenvalue weighted by molar-refractivity contribution is 5.14.